The zero-order valence-corrected chi connectivity index (χ0v) is 16.7. The minimum absolute atomic E-state index is 0.0401. The summed E-state index contributed by atoms with van der Waals surface area (Å²) in [5.41, 5.74) is -1.52. The maximum atomic E-state index is 13.9. The van der Waals surface area contributed by atoms with Gasteiger partial charge in [0, 0.05) is 5.56 Å². The van der Waals surface area contributed by atoms with Crippen molar-refractivity contribution in [3.63, 3.8) is 0 Å². The van der Waals surface area contributed by atoms with Gasteiger partial charge in [0.15, 0.2) is 6.61 Å². The van der Waals surface area contributed by atoms with Gasteiger partial charge in [-0.2, -0.15) is 26.3 Å². The van der Waals surface area contributed by atoms with Gasteiger partial charge < -0.3 is 9.84 Å². The molecule has 1 aliphatic carbocycles. The first kappa shape index (κ1) is 22.9. The molecular formula is C21H16F6N2O4. The molecule has 3 aromatic rings. The summed E-state index contributed by atoms with van der Waals surface area (Å²) < 4.78 is 89.5. The fraction of sp³-hybridized carbons (Fsp3) is 0.381. The molecule has 0 saturated heterocycles. The monoisotopic (exact) mass is 474 g/mol. The Morgan fingerprint density at radius 3 is 2.39 bits per heavy atom. The Kier molecular flexibility index (Phi) is 5.71. The fourth-order valence-electron chi connectivity index (χ4n) is 3.60. The number of carboxylic acid groups (broad SMARTS) is 1. The second-order valence-electron chi connectivity index (χ2n) is 7.88. The summed E-state index contributed by atoms with van der Waals surface area (Å²) >= 11 is 0. The van der Waals surface area contributed by atoms with Crippen LogP contribution in [-0.2, 0) is 11.0 Å². The Bertz CT molecular complexity index is 1180. The summed E-state index contributed by atoms with van der Waals surface area (Å²) in [4.78, 5) is 11.9. The number of hydrogen-bond acceptors (Lipinski definition) is 5. The number of aromatic nitrogens is 2. The van der Waals surface area contributed by atoms with Crippen molar-refractivity contribution in [1.82, 2.24) is 10.3 Å². The summed E-state index contributed by atoms with van der Waals surface area (Å²) in [6.45, 7) is -1.96. The van der Waals surface area contributed by atoms with E-state index >= 15 is 0 Å². The van der Waals surface area contributed by atoms with E-state index in [1.807, 2.05) is 0 Å². The zero-order valence-electron chi connectivity index (χ0n) is 16.7. The molecule has 0 amide bonds. The maximum absolute atomic E-state index is 13.9. The molecule has 33 heavy (non-hydrogen) atoms. The van der Waals surface area contributed by atoms with Crippen molar-refractivity contribution in [3.8, 4) is 16.9 Å². The lowest BCUT2D eigenvalue weighted by Crippen LogP contribution is -2.22. The molecule has 0 bridgehead atoms. The average Bonchev–Trinajstić information content (AvgIpc) is 3.42. The number of hydrogen-bond donors (Lipinski definition) is 1. The van der Waals surface area contributed by atoms with Gasteiger partial charge in [0.05, 0.1) is 11.5 Å². The third kappa shape index (κ3) is 5.20. The molecule has 0 aliphatic heterocycles. The molecule has 1 aliphatic rings. The Labute approximate surface area is 182 Å². The maximum Gasteiger partial charge on any atom is 0.422 e. The van der Waals surface area contributed by atoms with Gasteiger partial charge in [-0.3, -0.25) is 4.79 Å². The molecule has 1 N–H and O–H groups in total. The average molecular weight is 474 g/mol. The van der Waals surface area contributed by atoms with Crippen LogP contribution in [0.5, 0.6) is 5.75 Å². The number of alkyl halides is 6. The molecular weight excluding hydrogens is 458 g/mol. The first-order chi connectivity index (χ1) is 15.4. The van der Waals surface area contributed by atoms with Crippen LogP contribution in [0, 0.1) is 5.92 Å². The van der Waals surface area contributed by atoms with E-state index in [0.717, 1.165) is 18.9 Å². The molecule has 1 fully saturated rings. The third-order valence-corrected chi connectivity index (χ3v) is 5.33. The SMILES string of the molecule is O=C(O)[C@H](CC1CC1)c1cc(-c2ccc3nonc3c2)c(OCC(F)(F)F)c(C(F)(F)F)c1. The lowest BCUT2D eigenvalue weighted by Gasteiger charge is -2.22. The van der Waals surface area contributed by atoms with Gasteiger partial charge in [-0.25, -0.2) is 4.63 Å². The second-order valence-corrected chi connectivity index (χ2v) is 7.88. The highest BCUT2D eigenvalue weighted by molar-refractivity contribution is 5.85. The smallest absolute Gasteiger partial charge is 0.422 e. The van der Waals surface area contributed by atoms with Crippen LogP contribution in [-0.4, -0.2) is 34.2 Å². The van der Waals surface area contributed by atoms with Gasteiger partial charge in [-0.1, -0.05) is 18.9 Å². The number of aliphatic carboxylic acids is 1. The standard InChI is InChI=1S/C21H16F6N2O4/c22-20(23,24)9-32-18-13(11-3-4-16-17(8-11)29-33-28-16)6-12(7-15(18)21(25,26)27)14(19(30)31)5-10-1-2-10/h3-4,6-8,10,14H,1-2,5,9H2,(H,30,31)/t14-/m1/s1. The van der Waals surface area contributed by atoms with Crippen molar-refractivity contribution in [1.29, 1.82) is 0 Å². The van der Waals surface area contributed by atoms with Crippen LogP contribution in [0.25, 0.3) is 22.2 Å². The number of fused-ring (bicyclic) bond motifs is 1. The number of rotatable bonds is 7. The lowest BCUT2D eigenvalue weighted by molar-refractivity contribution is -0.158. The first-order valence-corrected chi connectivity index (χ1v) is 9.82. The quantitative estimate of drug-likeness (QED) is 0.435. The van der Waals surface area contributed by atoms with E-state index in [1.54, 1.807) is 0 Å². The fourth-order valence-corrected chi connectivity index (χ4v) is 3.60. The van der Waals surface area contributed by atoms with Crippen LogP contribution in [0.1, 0.15) is 36.3 Å². The molecule has 4 rings (SSSR count). The van der Waals surface area contributed by atoms with Crippen molar-refractivity contribution in [3.05, 3.63) is 41.5 Å². The summed E-state index contributed by atoms with van der Waals surface area (Å²) in [6.07, 6.45) is -8.33. The van der Waals surface area contributed by atoms with Gasteiger partial charge in [0.1, 0.15) is 16.8 Å². The number of carbonyl (C=O) groups is 1. The van der Waals surface area contributed by atoms with Crippen molar-refractivity contribution in [2.45, 2.75) is 37.5 Å². The van der Waals surface area contributed by atoms with Gasteiger partial charge >= 0.3 is 18.3 Å². The molecule has 6 nitrogen and oxygen atoms in total. The molecule has 0 unspecified atom stereocenters. The summed E-state index contributed by atoms with van der Waals surface area (Å²) in [7, 11) is 0. The largest absolute Gasteiger partial charge is 0.483 e. The molecule has 1 saturated carbocycles. The summed E-state index contributed by atoms with van der Waals surface area (Å²) in [5, 5.41) is 16.8. The van der Waals surface area contributed by atoms with E-state index < -0.39 is 42.2 Å². The van der Waals surface area contributed by atoms with E-state index in [-0.39, 0.29) is 40.1 Å². The van der Waals surface area contributed by atoms with Crippen molar-refractivity contribution < 1.29 is 45.6 Å². The number of halogens is 6. The van der Waals surface area contributed by atoms with Crippen LogP contribution < -0.4 is 4.74 Å². The normalized spacial score (nSPS) is 15.6. The van der Waals surface area contributed by atoms with Crippen LogP contribution in [0.2, 0.25) is 0 Å². The van der Waals surface area contributed by atoms with Crippen LogP contribution in [0.3, 0.4) is 0 Å². The highest BCUT2D eigenvalue weighted by Crippen LogP contribution is 2.47. The van der Waals surface area contributed by atoms with Crippen LogP contribution in [0.15, 0.2) is 35.0 Å². The number of ether oxygens (including phenoxy) is 1. The van der Waals surface area contributed by atoms with E-state index in [9.17, 15) is 36.2 Å². The van der Waals surface area contributed by atoms with Gasteiger partial charge in [0.2, 0.25) is 0 Å². The summed E-state index contributed by atoms with van der Waals surface area (Å²) in [5.74, 6) is -3.55. The molecule has 176 valence electrons. The lowest BCUT2D eigenvalue weighted by atomic mass is 9.88. The van der Waals surface area contributed by atoms with Crippen molar-refractivity contribution in [2.75, 3.05) is 6.61 Å². The van der Waals surface area contributed by atoms with Gasteiger partial charge in [-0.15, -0.1) is 0 Å². The topological polar surface area (TPSA) is 85.5 Å². The minimum Gasteiger partial charge on any atom is -0.483 e. The zero-order chi connectivity index (χ0) is 24.0. The highest BCUT2D eigenvalue weighted by Gasteiger charge is 2.40. The first-order valence-electron chi connectivity index (χ1n) is 9.82. The van der Waals surface area contributed by atoms with Gasteiger partial charge in [-0.05, 0) is 58.0 Å². The molecule has 12 heteroatoms. The molecule has 1 atom stereocenters. The molecule has 1 aromatic heterocycles. The van der Waals surface area contributed by atoms with Crippen LogP contribution in [0.4, 0.5) is 26.3 Å². The van der Waals surface area contributed by atoms with E-state index in [4.69, 9.17) is 0 Å². The predicted molar refractivity (Wildman–Crippen MR) is 102 cm³/mol. The Hall–Kier alpha value is -3.31. The van der Waals surface area contributed by atoms with E-state index in [1.165, 1.54) is 18.2 Å². The molecule has 2 aromatic carbocycles. The van der Waals surface area contributed by atoms with Crippen molar-refractivity contribution in [2.24, 2.45) is 5.92 Å². The molecule has 0 radical (unpaired) electrons. The second kappa shape index (κ2) is 8.23. The number of carboxylic acids is 1. The summed E-state index contributed by atoms with van der Waals surface area (Å²) in [6, 6.07) is 5.67. The predicted octanol–water partition coefficient (Wildman–Crippen LogP) is 5.82. The molecule has 0 spiro atoms. The van der Waals surface area contributed by atoms with Gasteiger partial charge in [0.25, 0.3) is 0 Å². The van der Waals surface area contributed by atoms with E-state index in [2.05, 4.69) is 19.7 Å². The van der Waals surface area contributed by atoms with Crippen LogP contribution >= 0.6 is 0 Å². The number of benzene rings is 2. The Morgan fingerprint density at radius 2 is 1.79 bits per heavy atom. The minimum atomic E-state index is -5.10. The van der Waals surface area contributed by atoms with E-state index in [0.29, 0.717) is 6.07 Å². The third-order valence-electron chi connectivity index (χ3n) is 5.33. The Morgan fingerprint density at radius 1 is 1.09 bits per heavy atom. The highest BCUT2D eigenvalue weighted by atomic mass is 19.4. The number of nitrogens with zero attached hydrogens (tertiary/aromatic N) is 2. The molecule has 1 heterocycles. The Balaban J connectivity index is 1.93. The van der Waals surface area contributed by atoms with Crippen molar-refractivity contribution >= 4 is 17.0 Å².